The molecule has 1 aromatic carbocycles. The maximum atomic E-state index is 11.9. The Hall–Kier alpha value is -3.29. The fourth-order valence-electron chi connectivity index (χ4n) is 2.11. The second-order valence-electron chi connectivity index (χ2n) is 4.91. The third-order valence-corrected chi connectivity index (χ3v) is 3.35. The molecule has 2 rings (SSSR count). The van der Waals surface area contributed by atoms with Crippen molar-refractivity contribution in [3.8, 4) is 17.2 Å². The smallest absolute Gasteiger partial charge is 0.260 e. The highest BCUT2D eigenvalue weighted by molar-refractivity contribution is 5.89. The number of carbonyl (C=O) groups is 1. The van der Waals surface area contributed by atoms with Gasteiger partial charge in [0.15, 0.2) is 0 Å². The Labute approximate surface area is 144 Å². The van der Waals surface area contributed by atoms with Crippen molar-refractivity contribution in [1.29, 1.82) is 0 Å². The average Bonchev–Trinajstić information content (AvgIpc) is 2.63. The first-order valence-electron chi connectivity index (χ1n) is 7.36. The molecule has 25 heavy (non-hydrogen) atoms. The lowest BCUT2D eigenvalue weighted by Gasteiger charge is -2.12. The molecule has 0 radical (unpaired) electrons. The monoisotopic (exact) mass is 345 g/mol. The summed E-state index contributed by atoms with van der Waals surface area (Å²) in [4.78, 5) is 23.5. The highest BCUT2D eigenvalue weighted by atomic mass is 16.5. The molecule has 132 valence electrons. The molecule has 0 saturated carbocycles. The topological polar surface area (TPSA) is 91.1 Å². The lowest BCUT2D eigenvalue weighted by atomic mass is 10.2. The van der Waals surface area contributed by atoms with Crippen molar-refractivity contribution in [3.63, 3.8) is 0 Å². The van der Waals surface area contributed by atoms with Gasteiger partial charge >= 0.3 is 0 Å². The zero-order chi connectivity index (χ0) is 18.2. The van der Waals surface area contributed by atoms with E-state index in [1.807, 2.05) is 0 Å². The molecule has 1 heterocycles. The Morgan fingerprint density at radius 1 is 1.16 bits per heavy atom. The normalized spacial score (nSPS) is 10.5. The second kappa shape index (κ2) is 8.53. The van der Waals surface area contributed by atoms with Gasteiger partial charge in [0.2, 0.25) is 0 Å². The van der Waals surface area contributed by atoms with Gasteiger partial charge in [0, 0.05) is 24.4 Å². The fraction of sp³-hybridized carbons (Fsp3) is 0.235. The van der Waals surface area contributed by atoms with E-state index in [4.69, 9.17) is 14.2 Å². The number of amides is 1. The zero-order valence-corrected chi connectivity index (χ0v) is 14.2. The van der Waals surface area contributed by atoms with Crippen LogP contribution in [0.15, 0.2) is 46.4 Å². The number of aromatic nitrogens is 1. The number of nitrogens with one attached hydrogen (secondary N) is 1. The molecule has 2 aromatic rings. The summed E-state index contributed by atoms with van der Waals surface area (Å²) >= 11 is 0. The van der Waals surface area contributed by atoms with Crippen LogP contribution in [-0.4, -0.2) is 38.0 Å². The zero-order valence-electron chi connectivity index (χ0n) is 14.2. The van der Waals surface area contributed by atoms with Crippen molar-refractivity contribution in [2.24, 2.45) is 5.10 Å². The molecule has 1 N–H and O–H groups in total. The van der Waals surface area contributed by atoms with E-state index in [1.54, 1.807) is 24.3 Å². The van der Waals surface area contributed by atoms with Gasteiger partial charge in [-0.1, -0.05) is 6.07 Å². The predicted octanol–water partition coefficient (Wildman–Crippen LogP) is 1.02. The first kappa shape index (κ1) is 18.1. The van der Waals surface area contributed by atoms with E-state index < -0.39 is 5.91 Å². The van der Waals surface area contributed by atoms with Crippen LogP contribution in [0, 0.1) is 0 Å². The molecular formula is C17H19N3O5. The molecule has 8 heteroatoms. The molecule has 1 aromatic heterocycles. The van der Waals surface area contributed by atoms with Crippen LogP contribution in [0.2, 0.25) is 0 Å². The van der Waals surface area contributed by atoms with Gasteiger partial charge in [0.05, 0.1) is 33.1 Å². The number of hydrazone groups is 1. The predicted molar refractivity (Wildman–Crippen MR) is 92.5 cm³/mol. The molecule has 0 atom stereocenters. The van der Waals surface area contributed by atoms with Crippen LogP contribution >= 0.6 is 0 Å². The van der Waals surface area contributed by atoms with Gasteiger partial charge < -0.3 is 18.8 Å². The van der Waals surface area contributed by atoms with Crippen LogP contribution in [-0.2, 0) is 11.3 Å². The molecule has 1 amide bonds. The summed E-state index contributed by atoms with van der Waals surface area (Å²) in [5.74, 6) is 1.09. The van der Waals surface area contributed by atoms with E-state index in [9.17, 15) is 9.59 Å². The van der Waals surface area contributed by atoms with Gasteiger partial charge in [-0.3, -0.25) is 9.59 Å². The second-order valence-corrected chi connectivity index (χ2v) is 4.91. The van der Waals surface area contributed by atoms with Gasteiger partial charge in [-0.2, -0.15) is 5.10 Å². The molecule has 0 aliphatic heterocycles. The fourth-order valence-corrected chi connectivity index (χ4v) is 2.11. The minimum atomic E-state index is -0.434. The third-order valence-electron chi connectivity index (χ3n) is 3.35. The number of ether oxygens (including phenoxy) is 3. The lowest BCUT2D eigenvalue weighted by Crippen LogP contribution is -2.29. The number of hydrogen-bond donors (Lipinski definition) is 1. The summed E-state index contributed by atoms with van der Waals surface area (Å²) in [5, 5.41) is 3.90. The molecule has 0 aliphatic rings. The van der Waals surface area contributed by atoms with Gasteiger partial charge in [0.25, 0.3) is 11.5 Å². The van der Waals surface area contributed by atoms with Crippen LogP contribution in [0.1, 0.15) is 5.56 Å². The van der Waals surface area contributed by atoms with E-state index in [0.29, 0.717) is 22.8 Å². The molecule has 0 bridgehead atoms. The minimum absolute atomic E-state index is 0.131. The number of nitrogens with zero attached hydrogens (tertiary/aromatic N) is 2. The minimum Gasteiger partial charge on any atom is -0.496 e. The number of benzene rings is 1. The SMILES string of the molecule is COc1cc(OC)c(/C=N\NC(=O)Cn2ccccc2=O)c(OC)c1. The summed E-state index contributed by atoms with van der Waals surface area (Å²) in [6, 6.07) is 8.01. The number of carbonyl (C=O) groups excluding carboxylic acids is 1. The van der Waals surface area contributed by atoms with Crippen molar-refractivity contribution in [1.82, 2.24) is 9.99 Å². The van der Waals surface area contributed by atoms with Crippen LogP contribution in [0.25, 0.3) is 0 Å². The maximum absolute atomic E-state index is 11.9. The highest BCUT2D eigenvalue weighted by Gasteiger charge is 2.11. The standard InChI is InChI=1S/C17H19N3O5/c1-23-12-8-14(24-2)13(15(9-12)25-3)10-18-19-16(21)11-20-7-5-4-6-17(20)22/h4-10H,11H2,1-3H3,(H,19,21)/b18-10-. The summed E-state index contributed by atoms with van der Waals surface area (Å²) < 4.78 is 17.0. The number of methoxy groups -OCH3 is 3. The average molecular weight is 345 g/mol. The number of hydrogen-bond acceptors (Lipinski definition) is 6. The van der Waals surface area contributed by atoms with Crippen molar-refractivity contribution < 1.29 is 19.0 Å². The number of pyridine rings is 1. The summed E-state index contributed by atoms with van der Waals surface area (Å²) in [7, 11) is 4.55. The molecule has 0 unspecified atom stereocenters. The first-order chi connectivity index (χ1) is 12.1. The van der Waals surface area contributed by atoms with E-state index in [0.717, 1.165) is 0 Å². The third kappa shape index (κ3) is 4.60. The Balaban J connectivity index is 2.12. The van der Waals surface area contributed by atoms with E-state index in [1.165, 1.54) is 44.4 Å². The Kier molecular flexibility index (Phi) is 6.16. The molecule has 8 nitrogen and oxygen atoms in total. The first-order valence-corrected chi connectivity index (χ1v) is 7.36. The number of rotatable bonds is 7. The van der Waals surface area contributed by atoms with E-state index in [-0.39, 0.29) is 12.1 Å². The van der Waals surface area contributed by atoms with Gasteiger partial charge in [-0.15, -0.1) is 0 Å². The summed E-state index contributed by atoms with van der Waals surface area (Å²) in [5.41, 5.74) is 2.65. The van der Waals surface area contributed by atoms with Gasteiger partial charge in [-0.05, 0) is 6.07 Å². The van der Waals surface area contributed by atoms with Crippen molar-refractivity contribution in [3.05, 3.63) is 52.4 Å². The van der Waals surface area contributed by atoms with Crippen molar-refractivity contribution in [2.75, 3.05) is 21.3 Å². The lowest BCUT2D eigenvalue weighted by molar-refractivity contribution is -0.121. The van der Waals surface area contributed by atoms with Gasteiger partial charge in [-0.25, -0.2) is 5.43 Å². The maximum Gasteiger partial charge on any atom is 0.260 e. The quantitative estimate of drug-likeness (QED) is 0.598. The Morgan fingerprint density at radius 3 is 2.40 bits per heavy atom. The molecule has 0 fully saturated rings. The van der Waals surface area contributed by atoms with Crippen LogP contribution in [0.5, 0.6) is 17.2 Å². The van der Waals surface area contributed by atoms with Crippen molar-refractivity contribution in [2.45, 2.75) is 6.54 Å². The Bertz CT molecular complexity index is 804. The molecular weight excluding hydrogens is 326 g/mol. The highest BCUT2D eigenvalue weighted by Crippen LogP contribution is 2.32. The molecule has 0 aliphatic carbocycles. The van der Waals surface area contributed by atoms with E-state index >= 15 is 0 Å². The Morgan fingerprint density at radius 2 is 1.84 bits per heavy atom. The van der Waals surface area contributed by atoms with E-state index in [2.05, 4.69) is 10.5 Å². The molecule has 0 saturated heterocycles. The van der Waals surface area contributed by atoms with Crippen LogP contribution in [0.3, 0.4) is 0 Å². The molecule has 0 spiro atoms. The summed E-state index contributed by atoms with van der Waals surface area (Å²) in [6.07, 6.45) is 2.93. The van der Waals surface area contributed by atoms with Crippen LogP contribution < -0.4 is 25.2 Å². The summed E-state index contributed by atoms with van der Waals surface area (Å²) in [6.45, 7) is -0.131. The van der Waals surface area contributed by atoms with Crippen LogP contribution in [0.4, 0.5) is 0 Å². The van der Waals surface area contributed by atoms with Gasteiger partial charge in [0.1, 0.15) is 23.8 Å². The van der Waals surface area contributed by atoms with Crippen molar-refractivity contribution >= 4 is 12.1 Å². The largest absolute Gasteiger partial charge is 0.496 e.